The first-order valence-corrected chi connectivity index (χ1v) is 7.94. The molecule has 1 amide bonds. The summed E-state index contributed by atoms with van der Waals surface area (Å²) in [6.45, 7) is 2.11. The van der Waals surface area contributed by atoms with E-state index in [2.05, 4.69) is 20.8 Å². The molecule has 0 unspecified atom stereocenters. The molecule has 1 N–H and O–H groups in total. The number of esters is 1. The molecule has 1 heterocycles. The van der Waals surface area contributed by atoms with Gasteiger partial charge in [0.15, 0.2) is 6.61 Å². The Kier molecular flexibility index (Phi) is 6.55. The molecule has 0 aliphatic heterocycles. The van der Waals surface area contributed by atoms with Crippen molar-refractivity contribution in [3.63, 3.8) is 0 Å². The highest BCUT2D eigenvalue weighted by Gasteiger charge is 2.08. The number of hydrogen-bond donors (Lipinski definition) is 1. The van der Waals surface area contributed by atoms with Crippen LogP contribution < -0.4 is 5.32 Å². The van der Waals surface area contributed by atoms with Crippen molar-refractivity contribution in [2.24, 2.45) is 0 Å². The molecular formula is C14H17N5O3S. The van der Waals surface area contributed by atoms with Crippen LogP contribution in [0.15, 0.2) is 35.5 Å². The van der Waals surface area contributed by atoms with Crippen LogP contribution >= 0.6 is 11.8 Å². The number of ether oxygens (including phenoxy) is 1. The predicted octanol–water partition coefficient (Wildman–Crippen LogP) is 0.433. The van der Waals surface area contributed by atoms with E-state index in [0.29, 0.717) is 6.54 Å². The van der Waals surface area contributed by atoms with E-state index in [9.17, 15) is 9.59 Å². The van der Waals surface area contributed by atoms with Gasteiger partial charge in [0.25, 0.3) is 5.91 Å². The summed E-state index contributed by atoms with van der Waals surface area (Å²) in [7, 11) is 0. The topological polar surface area (TPSA) is 99.0 Å². The first-order valence-electron chi connectivity index (χ1n) is 6.96. The van der Waals surface area contributed by atoms with E-state index in [1.54, 1.807) is 11.8 Å². The quantitative estimate of drug-likeness (QED) is 0.424. The van der Waals surface area contributed by atoms with E-state index in [-0.39, 0.29) is 19.1 Å². The van der Waals surface area contributed by atoms with Crippen LogP contribution in [-0.2, 0) is 20.9 Å². The molecule has 23 heavy (non-hydrogen) atoms. The first kappa shape index (κ1) is 16.9. The van der Waals surface area contributed by atoms with Gasteiger partial charge in [-0.3, -0.25) is 9.59 Å². The normalized spacial score (nSPS) is 10.3. The van der Waals surface area contributed by atoms with Crippen molar-refractivity contribution in [3.05, 3.63) is 36.2 Å². The van der Waals surface area contributed by atoms with Gasteiger partial charge in [0.2, 0.25) is 0 Å². The molecule has 1 aromatic carbocycles. The van der Waals surface area contributed by atoms with E-state index >= 15 is 0 Å². The third-order valence-electron chi connectivity index (χ3n) is 2.76. The summed E-state index contributed by atoms with van der Waals surface area (Å²) in [5, 5.41) is 13.0. The number of amides is 1. The van der Waals surface area contributed by atoms with Gasteiger partial charge in [-0.15, -0.1) is 16.9 Å². The van der Waals surface area contributed by atoms with Crippen LogP contribution in [0.1, 0.15) is 5.56 Å². The fraction of sp³-hybridized carbons (Fsp3) is 0.357. The van der Waals surface area contributed by atoms with Crippen molar-refractivity contribution >= 4 is 23.6 Å². The Morgan fingerprint density at radius 1 is 1.30 bits per heavy atom. The number of benzene rings is 1. The third-order valence-corrected chi connectivity index (χ3v) is 3.77. The van der Waals surface area contributed by atoms with Gasteiger partial charge >= 0.3 is 5.97 Å². The zero-order valence-corrected chi connectivity index (χ0v) is 13.5. The van der Waals surface area contributed by atoms with Crippen molar-refractivity contribution < 1.29 is 14.3 Å². The van der Waals surface area contributed by atoms with Crippen molar-refractivity contribution in [1.82, 2.24) is 25.5 Å². The molecular weight excluding hydrogens is 318 g/mol. The van der Waals surface area contributed by atoms with Gasteiger partial charge in [-0.2, -0.15) is 0 Å². The van der Waals surface area contributed by atoms with Crippen molar-refractivity contribution in [2.75, 3.05) is 18.9 Å². The maximum absolute atomic E-state index is 11.6. The molecule has 0 saturated heterocycles. The number of carbonyl (C=O) groups is 2. The number of rotatable bonds is 8. The van der Waals surface area contributed by atoms with Crippen LogP contribution in [0, 0.1) is 6.92 Å². The Bertz CT molecular complexity index is 630. The number of tetrazole rings is 1. The molecule has 9 heteroatoms. The van der Waals surface area contributed by atoms with E-state index in [0.717, 1.165) is 10.6 Å². The van der Waals surface area contributed by atoms with Gasteiger partial charge in [-0.05, 0) is 29.5 Å². The van der Waals surface area contributed by atoms with Gasteiger partial charge in [0.1, 0.15) is 12.9 Å². The highest BCUT2D eigenvalue weighted by atomic mass is 32.2. The van der Waals surface area contributed by atoms with Crippen LogP contribution in [0.4, 0.5) is 0 Å². The van der Waals surface area contributed by atoms with Gasteiger partial charge in [0, 0.05) is 17.2 Å². The lowest BCUT2D eigenvalue weighted by Crippen LogP contribution is -2.31. The molecule has 2 aromatic rings. The Balaban J connectivity index is 1.56. The SMILES string of the molecule is Cc1ccc(SCCNC(=O)COC(=O)Cn2cnnn2)cc1. The van der Waals surface area contributed by atoms with E-state index < -0.39 is 5.97 Å². The summed E-state index contributed by atoms with van der Waals surface area (Å²) in [5.41, 5.74) is 1.21. The van der Waals surface area contributed by atoms with E-state index in [1.165, 1.54) is 16.6 Å². The number of aryl methyl sites for hydroxylation is 1. The summed E-state index contributed by atoms with van der Waals surface area (Å²) in [5.74, 6) is -0.158. The van der Waals surface area contributed by atoms with Crippen LogP contribution in [0.5, 0.6) is 0 Å². The van der Waals surface area contributed by atoms with Crippen LogP contribution in [0.3, 0.4) is 0 Å². The second kappa shape index (κ2) is 8.89. The maximum atomic E-state index is 11.6. The van der Waals surface area contributed by atoms with E-state index in [1.807, 2.05) is 31.2 Å². The molecule has 0 saturated carbocycles. The molecule has 0 fully saturated rings. The second-order valence-corrected chi connectivity index (χ2v) is 5.85. The molecule has 122 valence electrons. The molecule has 0 spiro atoms. The average molecular weight is 335 g/mol. The van der Waals surface area contributed by atoms with Crippen LogP contribution in [-0.4, -0.2) is 51.0 Å². The number of aromatic nitrogens is 4. The fourth-order valence-electron chi connectivity index (χ4n) is 1.62. The minimum atomic E-state index is -0.568. The lowest BCUT2D eigenvalue weighted by Gasteiger charge is -2.06. The highest BCUT2D eigenvalue weighted by molar-refractivity contribution is 7.99. The summed E-state index contributed by atoms with van der Waals surface area (Å²) >= 11 is 1.65. The third kappa shape index (κ3) is 6.47. The van der Waals surface area contributed by atoms with E-state index in [4.69, 9.17) is 4.74 Å². The lowest BCUT2D eigenvalue weighted by atomic mass is 10.2. The number of thioether (sulfide) groups is 1. The van der Waals surface area contributed by atoms with Gasteiger partial charge < -0.3 is 10.1 Å². The fourth-order valence-corrected chi connectivity index (χ4v) is 2.39. The monoisotopic (exact) mass is 335 g/mol. The Morgan fingerprint density at radius 3 is 2.78 bits per heavy atom. The molecule has 0 aliphatic carbocycles. The van der Waals surface area contributed by atoms with Gasteiger partial charge in [-0.1, -0.05) is 17.7 Å². The number of nitrogens with one attached hydrogen (secondary N) is 1. The molecule has 0 radical (unpaired) electrons. The lowest BCUT2D eigenvalue weighted by molar-refractivity contribution is -0.149. The Hall–Kier alpha value is -2.42. The molecule has 0 aliphatic rings. The minimum Gasteiger partial charge on any atom is -0.454 e. The van der Waals surface area contributed by atoms with Crippen LogP contribution in [0.2, 0.25) is 0 Å². The number of hydrogen-bond acceptors (Lipinski definition) is 7. The van der Waals surface area contributed by atoms with Crippen LogP contribution in [0.25, 0.3) is 0 Å². The molecule has 1 aromatic heterocycles. The molecule has 0 bridgehead atoms. The molecule has 2 rings (SSSR count). The number of carbonyl (C=O) groups excluding carboxylic acids is 2. The van der Waals surface area contributed by atoms with Crippen molar-refractivity contribution in [1.29, 1.82) is 0 Å². The maximum Gasteiger partial charge on any atom is 0.328 e. The summed E-state index contributed by atoms with van der Waals surface area (Å²) in [4.78, 5) is 24.1. The van der Waals surface area contributed by atoms with Gasteiger partial charge in [-0.25, -0.2) is 4.68 Å². The number of nitrogens with zero attached hydrogens (tertiary/aromatic N) is 4. The second-order valence-electron chi connectivity index (χ2n) is 4.68. The zero-order chi connectivity index (χ0) is 16.5. The van der Waals surface area contributed by atoms with Gasteiger partial charge in [0.05, 0.1) is 0 Å². The molecule has 0 atom stereocenters. The van der Waals surface area contributed by atoms with Crippen molar-refractivity contribution in [3.8, 4) is 0 Å². The Morgan fingerprint density at radius 2 is 2.09 bits per heavy atom. The predicted molar refractivity (Wildman–Crippen MR) is 83.7 cm³/mol. The largest absolute Gasteiger partial charge is 0.454 e. The van der Waals surface area contributed by atoms with Crippen molar-refractivity contribution in [2.45, 2.75) is 18.4 Å². The highest BCUT2D eigenvalue weighted by Crippen LogP contribution is 2.17. The zero-order valence-electron chi connectivity index (χ0n) is 12.6. The summed E-state index contributed by atoms with van der Waals surface area (Å²) in [6, 6.07) is 8.18. The smallest absolute Gasteiger partial charge is 0.328 e. The summed E-state index contributed by atoms with van der Waals surface area (Å²) in [6.07, 6.45) is 1.30. The summed E-state index contributed by atoms with van der Waals surface area (Å²) < 4.78 is 6.05. The molecule has 8 nitrogen and oxygen atoms in total. The first-order chi connectivity index (χ1) is 11.1. The Labute approximate surface area is 137 Å². The minimum absolute atomic E-state index is 0.121. The standard InChI is InChI=1S/C14H17N5O3S/c1-11-2-4-12(5-3-11)23-7-6-15-13(20)9-22-14(21)8-19-10-16-17-18-19/h2-5,10H,6-9H2,1H3,(H,15,20). The average Bonchev–Trinajstić information content (AvgIpc) is 3.04.